The van der Waals surface area contributed by atoms with Gasteiger partial charge >= 0.3 is 6.18 Å². The van der Waals surface area contributed by atoms with E-state index in [-0.39, 0.29) is 5.56 Å². The lowest BCUT2D eigenvalue weighted by atomic mass is 10.1. The smallest absolute Gasteiger partial charge is 0.366 e. The van der Waals surface area contributed by atoms with Crippen LogP contribution >= 0.6 is 0 Å². The molecule has 2 aromatic rings. The summed E-state index contributed by atoms with van der Waals surface area (Å²) >= 11 is 0. The molecule has 0 aliphatic heterocycles. The number of hydrogen-bond acceptors (Lipinski definition) is 3. The van der Waals surface area contributed by atoms with E-state index in [4.69, 9.17) is 5.73 Å². The Morgan fingerprint density at radius 3 is 2.24 bits per heavy atom. The number of primary amides is 1. The van der Waals surface area contributed by atoms with Crippen LogP contribution in [-0.2, 0) is 0 Å². The van der Waals surface area contributed by atoms with Crippen LogP contribution in [0.15, 0.2) is 48.5 Å². The number of nitrogens with one attached hydrogen (secondary N) is 2. The number of halogens is 3. The van der Waals surface area contributed by atoms with Gasteiger partial charge in [0.2, 0.25) is 5.91 Å². The van der Waals surface area contributed by atoms with Crippen molar-refractivity contribution in [2.24, 2.45) is 5.73 Å². The van der Waals surface area contributed by atoms with Crippen molar-refractivity contribution in [1.29, 1.82) is 0 Å². The highest BCUT2D eigenvalue weighted by Gasteiger charge is 2.26. The van der Waals surface area contributed by atoms with E-state index in [9.17, 15) is 22.8 Å². The highest BCUT2D eigenvalue weighted by atomic mass is 19.4. The lowest BCUT2D eigenvalue weighted by molar-refractivity contribution is -0.132. The molecule has 0 radical (unpaired) electrons. The monoisotopic (exact) mass is 351 g/mol. The number of carbonyl (C=O) groups is 2. The van der Waals surface area contributed by atoms with Crippen LogP contribution in [0.4, 0.5) is 24.5 Å². The van der Waals surface area contributed by atoms with E-state index in [1.807, 2.05) is 0 Å². The minimum Gasteiger partial charge on any atom is -0.366 e. The Balaban J connectivity index is 2.09. The maximum atomic E-state index is 12.2. The van der Waals surface area contributed by atoms with Crippen LogP contribution in [-0.4, -0.2) is 24.5 Å². The third-order valence-corrected chi connectivity index (χ3v) is 3.31. The number of rotatable bonds is 6. The first kappa shape index (κ1) is 18.3. The van der Waals surface area contributed by atoms with Crippen LogP contribution in [0.2, 0.25) is 0 Å². The van der Waals surface area contributed by atoms with Gasteiger partial charge in [-0.25, -0.2) is 0 Å². The molecular formula is C17H16F3N3O2. The van der Waals surface area contributed by atoms with Gasteiger partial charge in [-0.1, -0.05) is 12.1 Å². The summed E-state index contributed by atoms with van der Waals surface area (Å²) in [7, 11) is 0. The summed E-state index contributed by atoms with van der Waals surface area (Å²) in [5.74, 6) is -1.17. The van der Waals surface area contributed by atoms with E-state index in [1.165, 1.54) is 18.2 Å². The van der Waals surface area contributed by atoms with Crippen molar-refractivity contribution in [2.45, 2.75) is 12.6 Å². The van der Waals surface area contributed by atoms with Crippen molar-refractivity contribution in [3.8, 4) is 0 Å². The summed E-state index contributed by atoms with van der Waals surface area (Å²) in [6.45, 7) is -0.496. The Morgan fingerprint density at radius 2 is 1.64 bits per heavy atom. The molecule has 2 aromatic carbocycles. The van der Waals surface area contributed by atoms with Gasteiger partial charge in [-0.2, -0.15) is 13.2 Å². The molecule has 132 valence electrons. The van der Waals surface area contributed by atoms with Crippen molar-refractivity contribution < 1.29 is 22.8 Å². The summed E-state index contributed by atoms with van der Waals surface area (Å²) < 4.78 is 36.5. The quantitative estimate of drug-likeness (QED) is 0.747. The largest absolute Gasteiger partial charge is 0.390 e. The zero-order valence-corrected chi connectivity index (χ0v) is 13.1. The van der Waals surface area contributed by atoms with Crippen LogP contribution in [0.3, 0.4) is 0 Å². The van der Waals surface area contributed by atoms with Crippen LogP contribution in [0.1, 0.15) is 27.1 Å². The van der Waals surface area contributed by atoms with Crippen LogP contribution < -0.4 is 16.4 Å². The van der Waals surface area contributed by atoms with E-state index < -0.39 is 31.0 Å². The van der Waals surface area contributed by atoms with Gasteiger partial charge in [-0.15, -0.1) is 0 Å². The predicted molar refractivity (Wildman–Crippen MR) is 87.7 cm³/mol. The van der Waals surface area contributed by atoms with Crippen molar-refractivity contribution in [2.75, 3.05) is 11.9 Å². The molecule has 0 fully saturated rings. The summed E-state index contributed by atoms with van der Waals surface area (Å²) in [6.07, 6.45) is -5.42. The van der Waals surface area contributed by atoms with Gasteiger partial charge in [-0.3, -0.25) is 9.59 Å². The van der Waals surface area contributed by atoms with Gasteiger partial charge in [0.15, 0.2) is 0 Å². The van der Waals surface area contributed by atoms with Crippen molar-refractivity contribution in [1.82, 2.24) is 5.32 Å². The van der Waals surface area contributed by atoms with Crippen molar-refractivity contribution >= 4 is 23.2 Å². The van der Waals surface area contributed by atoms with Gasteiger partial charge in [0.1, 0.15) is 0 Å². The van der Waals surface area contributed by atoms with Crippen molar-refractivity contribution in [3.63, 3.8) is 0 Å². The molecule has 0 saturated heterocycles. The zero-order valence-electron chi connectivity index (χ0n) is 13.1. The Morgan fingerprint density at radius 1 is 1.00 bits per heavy atom. The topological polar surface area (TPSA) is 84.2 Å². The lowest BCUT2D eigenvalue weighted by Crippen LogP contribution is -2.28. The SMILES string of the molecule is NC(=O)c1ccc(Nc2ccccc2C(=O)NCCC(F)(F)F)cc1. The fraction of sp³-hybridized carbons (Fsp3) is 0.176. The minimum absolute atomic E-state index is 0.212. The second-order valence-electron chi connectivity index (χ2n) is 5.23. The zero-order chi connectivity index (χ0) is 18.4. The standard InChI is InChI=1S/C17H16F3N3O2/c18-17(19,20)9-10-22-16(25)13-3-1-2-4-14(13)23-12-7-5-11(6-8-12)15(21)24/h1-8,23H,9-10H2,(H2,21,24)(H,22,25). The maximum absolute atomic E-state index is 12.2. The fourth-order valence-corrected chi connectivity index (χ4v) is 2.08. The molecule has 0 aromatic heterocycles. The molecule has 0 aliphatic carbocycles. The molecule has 0 bridgehead atoms. The number of alkyl halides is 3. The molecule has 0 spiro atoms. The Hall–Kier alpha value is -3.03. The number of para-hydroxylation sites is 1. The van der Waals surface area contributed by atoms with Gasteiger partial charge in [0.25, 0.3) is 5.91 Å². The molecule has 0 aliphatic rings. The molecule has 8 heteroatoms. The average Bonchev–Trinajstić information content (AvgIpc) is 2.54. The maximum Gasteiger partial charge on any atom is 0.390 e. The number of anilines is 2. The third-order valence-electron chi connectivity index (χ3n) is 3.31. The second-order valence-corrected chi connectivity index (χ2v) is 5.23. The molecule has 2 rings (SSSR count). The molecule has 0 unspecified atom stereocenters. The Labute approximate surface area is 142 Å². The lowest BCUT2D eigenvalue weighted by Gasteiger charge is -2.13. The van der Waals surface area contributed by atoms with Crippen LogP contribution in [0.5, 0.6) is 0 Å². The normalized spacial score (nSPS) is 11.0. The molecule has 2 amide bonds. The van der Waals surface area contributed by atoms with Crippen LogP contribution in [0, 0.1) is 0 Å². The summed E-state index contributed by atoms with van der Waals surface area (Å²) in [5, 5.41) is 5.24. The Kier molecular flexibility index (Phi) is 5.63. The van der Waals surface area contributed by atoms with Crippen LogP contribution in [0.25, 0.3) is 0 Å². The third kappa shape index (κ3) is 5.52. The molecule has 4 N–H and O–H groups in total. The number of nitrogens with two attached hydrogens (primary N) is 1. The van der Waals surface area contributed by atoms with E-state index in [1.54, 1.807) is 30.3 Å². The molecule has 0 saturated carbocycles. The van der Waals surface area contributed by atoms with E-state index in [2.05, 4.69) is 10.6 Å². The van der Waals surface area contributed by atoms with Gasteiger partial charge in [0, 0.05) is 17.8 Å². The first-order valence-electron chi connectivity index (χ1n) is 7.37. The van der Waals surface area contributed by atoms with E-state index >= 15 is 0 Å². The van der Waals surface area contributed by atoms with Gasteiger partial charge < -0.3 is 16.4 Å². The van der Waals surface area contributed by atoms with Gasteiger partial charge in [0.05, 0.1) is 17.7 Å². The predicted octanol–water partition coefficient (Wildman–Crippen LogP) is 3.21. The molecule has 0 heterocycles. The Bertz CT molecular complexity index is 758. The number of carbonyl (C=O) groups excluding carboxylic acids is 2. The molecular weight excluding hydrogens is 335 g/mol. The summed E-state index contributed by atoms with van der Waals surface area (Å²) in [5.41, 5.74) is 6.74. The van der Waals surface area contributed by atoms with Crippen molar-refractivity contribution in [3.05, 3.63) is 59.7 Å². The highest BCUT2D eigenvalue weighted by Crippen LogP contribution is 2.22. The average molecular weight is 351 g/mol. The number of benzene rings is 2. The number of amides is 2. The fourth-order valence-electron chi connectivity index (χ4n) is 2.08. The summed E-state index contributed by atoms with van der Waals surface area (Å²) in [4.78, 5) is 23.2. The molecule has 25 heavy (non-hydrogen) atoms. The van der Waals surface area contributed by atoms with Gasteiger partial charge in [-0.05, 0) is 36.4 Å². The van der Waals surface area contributed by atoms with E-state index in [0.717, 1.165) is 0 Å². The number of hydrogen-bond donors (Lipinski definition) is 3. The highest BCUT2D eigenvalue weighted by molar-refractivity contribution is 6.00. The molecule has 0 atom stereocenters. The first-order chi connectivity index (χ1) is 11.8. The van der Waals surface area contributed by atoms with E-state index in [0.29, 0.717) is 16.9 Å². The molecule has 5 nitrogen and oxygen atoms in total. The second kappa shape index (κ2) is 7.69. The first-order valence-corrected chi connectivity index (χ1v) is 7.37. The minimum atomic E-state index is -4.33. The summed E-state index contributed by atoms with van der Waals surface area (Å²) in [6, 6.07) is 12.7.